The number of fused-ring (bicyclic) bond motifs is 1. The molecule has 1 aromatic heterocycles. The molecule has 9 nitrogen and oxygen atoms in total. The van der Waals surface area contributed by atoms with Gasteiger partial charge in [-0.25, -0.2) is 13.2 Å². The van der Waals surface area contributed by atoms with Crippen molar-refractivity contribution in [1.82, 2.24) is 14.2 Å². The molecule has 31 heavy (non-hydrogen) atoms. The Labute approximate surface area is 177 Å². The van der Waals surface area contributed by atoms with Gasteiger partial charge in [0.1, 0.15) is 4.90 Å². The zero-order valence-corrected chi connectivity index (χ0v) is 17.4. The number of hydrogen-bond donors (Lipinski definition) is 1. The molecular formula is C18H24F3N3O6S. The van der Waals surface area contributed by atoms with Crippen molar-refractivity contribution in [3.8, 4) is 0 Å². The molecule has 3 saturated heterocycles. The Kier molecular flexibility index (Phi) is 7.21. The number of hydrogen-bond acceptors (Lipinski definition) is 7. The third kappa shape index (κ3) is 5.52. The maximum absolute atomic E-state index is 12.9. The molecule has 4 heterocycles. The molecule has 0 saturated carbocycles. The second-order valence-electron chi connectivity index (χ2n) is 7.75. The molecule has 0 radical (unpaired) electrons. The van der Waals surface area contributed by atoms with E-state index in [1.807, 2.05) is 0 Å². The molecule has 1 N–H and O–H groups in total. The molecule has 0 unspecified atom stereocenters. The van der Waals surface area contributed by atoms with Gasteiger partial charge in [-0.15, -0.1) is 0 Å². The van der Waals surface area contributed by atoms with E-state index in [1.54, 1.807) is 22.6 Å². The first-order valence-electron chi connectivity index (χ1n) is 9.63. The van der Waals surface area contributed by atoms with Crippen LogP contribution in [0, 0.1) is 11.3 Å². The summed E-state index contributed by atoms with van der Waals surface area (Å²) in [5.74, 6) is -2.50. The molecule has 4 rings (SSSR count). The monoisotopic (exact) mass is 467 g/mol. The number of carboxylic acid groups (broad SMARTS) is 1. The maximum atomic E-state index is 12.9. The van der Waals surface area contributed by atoms with E-state index in [9.17, 15) is 21.6 Å². The van der Waals surface area contributed by atoms with E-state index < -0.39 is 22.2 Å². The molecule has 2 atom stereocenters. The van der Waals surface area contributed by atoms with Gasteiger partial charge in [-0.2, -0.15) is 17.5 Å². The minimum atomic E-state index is -5.08. The Bertz CT molecular complexity index is 864. The predicted molar refractivity (Wildman–Crippen MR) is 101 cm³/mol. The van der Waals surface area contributed by atoms with E-state index in [1.165, 1.54) is 6.20 Å². The molecule has 3 aliphatic heterocycles. The van der Waals surface area contributed by atoms with Crippen LogP contribution in [0.15, 0.2) is 29.4 Å². The van der Waals surface area contributed by atoms with Crippen LogP contribution in [0.3, 0.4) is 0 Å². The highest BCUT2D eigenvalue weighted by molar-refractivity contribution is 7.89. The first-order valence-corrected chi connectivity index (χ1v) is 11.1. The summed E-state index contributed by atoms with van der Waals surface area (Å²) in [5.41, 5.74) is -0.105. The molecule has 3 aliphatic rings. The van der Waals surface area contributed by atoms with Crippen LogP contribution >= 0.6 is 0 Å². The van der Waals surface area contributed by atoms with Gasteiger partial charge >= 0.3 is 12.1 Å². The Balaban J connectivity index is 0.000000339. The second kappa shape index (κ2) is 9.36. The van der Waals surface area contributed by atoms with Crippen molar-refractivity contribution in [3.05, 3.63) is 24.5 Å². The highest BCUT2D eigenvalue weighted by Crippen LogP contribution is 2.43. The van der Waals surface area contributed by atoms with Crippen molar-refractivity contribution in [2.24, 2.45) is 11.3 Å². The number of carboxylic acids is 1. The van der Waals surface area contributed by atoms with Crippen molar-refractivity contribution in [2.75, 3.05) is 59.2 Å². The Morgan fingerprint density at radius 1 is 1.29 bits per heavy atom. The zero-order valence-electron chi connectivity index (χ0n) is 16.6. The van der Waals surface area contributed by atoms with Crippen molar-refractivity contribution in [3.63, 3.8) is 0 Å². The molecule has 13 heteroatoms. The highest BCUT2D eigenvalue weighted by atomic mass is 32.2. The number of ether oxygens (including phenoxy) is 2. The third-order valence-corrected chi connectivity index (χ3v) is 7.44. The average molecular weight is 467 g/mol. The van der Waals surface area contributed by atoms with Crippen LogP contribution in [0.1, 0.15) is 0 Å². The van der Waals surface area contributed by atoms with Crippen molar-refractivity contribution in [1.29, 1.82) is 0 Å². The lowest BCUT2D eigenvalue weighted by Crippen LogP contribution is -2.47. The van der Waals surface area contributed by atoms with E-state index in [0.29, 0.717) is 26.3 Å². The normalized spacial score (nSPS) is 27.4. The summed E-state index contributed by atoms with van der Waals surface area (Å²) in [7, 11) is -3.49. The summed E-state index contributed by atoms with van der Waals surface area (Å²) >= 11 is 0. The first kappa shape index (κ1) is 23.9. The van der Waals surface area contributed by atoms with Crippen molar-refractivity contribution < 1.29 is 41.0 Å². The van der Waals surface area contributed by atoms with Gasteiger partial charge in [-0.3, -0.25) is 9.88 Å². The van der Waals surface area contributed by atoms with E-state index in [2.05, 4.69) is 9.88 Å². The van der Waals surface area contributed by atoms with E-state index in [4.69, 9.17) is 19.4 Å². The Morgan fingerprint density at radius 2 is 1.97 bits per heavy atom. The molecule has 0 bridgehead atoms. The highest BCUT2D eigenvalue weighted by Gasteiger charge is 2.54. The van der Waals surface area contributed by atoms with Crippen LogP contribution in [0.5, 0.6) is 0 Å². The molecule has 3 fully saturated rings. The van der Waals surface area contributed by atoms with Gasteiger partial charge in [0, 0.05) is 56.5 Å². The molecule has 0 aromatic carbocycles. The fourth-order valence-electron chi connectivity index (χ4n) is 4.04. The number of rotatable bonds is 4. The fourth-order valence-corrected chi connectivity index (χ4v) is 5.59. The smallest absolute Gasteiger partial charge is 0.475 e. The quantitative estimate of drug-likeness (QED) is 0.689. The number of sulfonamides is 1. The number of nitrogens with zero attached hydrogens (tertiary/aromatic N) is 3. The Morgan fingerprint density at radius 3 is 2.55 bits per heavy atom. The number of aromatic nitrogens is 1. The van der Waals surface area contributed by atoms with Gasteiger partial charge in [-0.1, -0.05) is 0 Å². The SMILES string of the molecule is O=C(O)C(F)(F)F.O=S(=O)(c1cccnc1)N1C[C@@H]2COC[C@]2(CN2CCOCC2)C1. The molecular weight excluding hydrogens is 443 g/mol. The Hall–Kier alpha value is -1.80. The molecule has 174 valence electrons. The number of aliphatic carboxylic acids is 1. The summed E-state index contributed by atoms with van der Waals surface area (Å²) in [6.07, 6.45) is -2.07. The van der Waals surface area contributed by atoms with Crippen LogP contribution in [-0.2, 0) is 24.3 Å². The largest absolute Gasteiger partial charge is 0.490 e. The van der Waals surface area contributed by atoms with Gasteiger partial charge in [0.25, 0.3) is 0 Å². The topological polar surface area (TPSA) is 109 Å². The van der Waals surface area contributed by atoms with Crippen LogP contribution < -0.4 is 0 Å². The van der Waals surface area contributed by atoms with Crippen molar-refractivity contribution >= 4 is 16.0 Å². The van der Waals surface area contributed by atoms with Crippen LogP contribution in [-0.4, -0.2) is 99.0 Å². The van der Waals surface area contributed by atoms with Crippen molar-refractivity contribution in [2.45, 2.75) is 11.1 Å². The third-order valence-electron chi connectivity index (χ3n) is 5.65. The summed E-state index contributed by atoms with van der Waals surface area (Å²) in [4.78, 5) is 15.5. The van der Waals surface area contributed by atoms with Gasteiger partial charge in [0.05, 0.1) is 26.4 Å². The summed E-state index contributed by atoms with van der Waals surface area (Å²) in [5, 5.41) is 7.12. The number of pyridine rings is 1. The lowest BCUT2D eigenvalue weighted by molar-refractivity contribution is -0.192. The average Bonchev–Trinajstić information content (AvgIpc) is 3.26. The standard InChI is InChI=1S/C16H23N3O4S.C2HF3O2/c20-24(21,15-2-1-3-17-8-15)19-9-14-10-23-13-16(14,12-19)11-18-4-6-22-7-5-18;3-2(4,5)1(6)7/h1-3,8,14H,4-7,9-13H2;(H,6,7)/t14-,16+;/m1./s1. The minimum absolute atomic E-state index is 0.105. The van der Waals surface area contributed by atoms with Crippen LogP contribution in [0.2, 0.25) is 0 Å². The first-order chi connectivity index (χ1) is 14.5. The summed E-state index contributed by atoms with van der Waals surface area (Å²) in [6.45, 7) is 6.51. The number of carbonyl (C=O) groups is 1. The van der Waals surface area contributed by atoms with Crippen LogP contribution in [0.25, 0.3) is 0 Å². The molecule has 0 aliphatic carbocycles. The molecule has 0 spiro atoms. The molecule has 0 amide bonds. The van der Waals surface area contributed by atoms with E-state index >= 15 is 0 Å². The number of halogens is 3. The lowest BCUT2D eigenvalue weighted by atomic mass is 9.80. The number of morpholine rings is 1. The van der Waals surface area contributed by atoms with Gasteiger partial charge < -0.3 is 14.6 Å². The van der Waals surface area contributed by atoms with Gasteiger partial charge in [0.15, 0.2) is 0 Å². The zero-order chi connectivity index (χ0) is 22.7. The maximum Gasteiger partial charge on any atom is 0.490 e. The van der Waals surface area contributed by atoms with E-state index in [0.717, 1.165) is 32.8 Å². The van der Waals surface area contributed by atoms with Gasteiger partial charge in [0.2, 0.25) is 10.0 Å². The minimum Gasteiger partial charge on any atom is -0.475 e. The van der Waals surface area contributed by atoms with E-state index in [-0.39, 0.29) is 16.2 Å². The summed E-state index contributed by atoms with van der Waals surface area (Å²) < 4.78 is 70.3. The lowest BCUT2D eigenvalue weighted by Gasteiger charge is -2.36. The molecule has 1 aromatic rings. The number of alkyl halides is 3. The summed E-state index contributed by atoms with van der Waals surface area (Å²) in [6, 6.07) is 3.28. The van der Waals surface area contributed by atoms with Gasteiger partial charge in [-0.05, 0) is 12.1 Å². The second-order valence-corrected chi connectivity index (χ2v) is 9.69. The fraction of sp³-hybridized carbons (Fsp3) is 0.667. The van der Waals surface area contributed by atoms with Crippen LogP contribution in [0.4, 0.5) is 13.2 Å². The predicted octanol–water partition coefficient (Wildman–Crippen LogP) is 0.684.